The molecular weight excluding hydrogens is 415 g/mol. The summed E-state index contributed by atoms with van der Waals surface area (Å²) in [4.78, 5) is 13.3. The summed E-state index contributed by atoms with van der Waals surface area (Å²) in [5.41, 5.74) is -0.755. The number of hydrogen-bond acceptors (Lipinski definition) is 2. The summed E-state index contributed by atoms with van der Waals surface area (Å²) in [6.07, 6.45) is -0.925. The first-order valence-electron chi connectivity index (χ1n) is 10.1. The van der Waals surface area contributed by atoms with Crippen LogP contribution in [-0.2, 0) is 16.4 Å². The van der Waals surface area contributed by atoms with Crippen molar-refractivity contribution in [2.75, 3.05) is 5.32 Å². The summed E-state index contributed by atoms with van der Waals surface area (Å²) < 4.78 is 45.9. The number of benzene rings is 2. The third kappa shape index (κ3) is 4.91. The van der Waals surface area contributed by atoms with Gasteiger partial charge in [0.2, 0.25) is 5.91 Å². The van der Waals surface area contributed by atoms with Crippen LogP contribution in [0.1, 0.15) is 57.1 Å². The van der Waals surface area contributed by atoms with Gasteiger partial charge in [0.05, 0.1) is 17.1 Å². The van der Waals surface area contributed by atoms with Crippen molar-refractivity contribution in [3.63, 3.8) is 0 Å². The lowest BCUT2D eigenvalue weighted by Gasteiger charge is -2.36. The molecule has 0 radical (unpaired) electrons. The lowest BCUT2D eigenvalue weighted by atomic mass is 9.68. The topological polar surface area (TPSA) is 38.3 Å². The molecule has 0 unspecified atom stereocenters. The summed E-state index contributed by atoms with van der Waals surface area (Å²) in [6, 6.07) is 10.8. The number of hydrogen-bond donors (Lipinski definition) is 1. The monoisotopic (exact) mass is 439 g/mol. The zero-order valence-corrected chi connectivity index (χ0v) is 17.7. The van der Waals surface area contributed by atoms with E-state index in [0.717, 1.165) is 30.9 Å². The van der Waals surface area contributed by atoms with Gasteiger partial charge in [-0.1, -0.05) is 43.0 Å². The first-order chi connectivity index (χ1) is 14.1. The van der Waals surface area contributed by atoms with E-state index in [1.807, 2.05) is 12.1 Å². The summed E-state index contributed by atoms with van der Waals surface area (Å²) in [5.74, 6) is -0.546. The maximum absolute atomic E-state index is 13.5. The fourth-order valence-electron chi connectivity index (χ4n) is 4.01. The van der Waals surface area contributed by atoms with Crippen molar-refractivity contribution in [1.29, 1.82) is 0 Å². The molecule has 1 amide bonds. The Morgan fingerprint density at radius 2 is 1.70 bits per heavy atom. The smallest absolute Gasteiger partial charge is 0.420 e. The van der Waals surface area contributed by atoms with E-state index in [1.165, 1.54) is 12.1 Å². The van der Waals surface area contributed by atoms with Crippen LogP contribution in [0.3, 0.4) is 0 Å². The van der Waals surface area contributed by atoms with Gasteiger partial charge in [-0.3, -0.25) is 4.79 Å². The van der Waals surface area contributed by atoms with Crippen LogP contribution in [0.25, 0.3) is 0 Å². The molecule has 1 N–H and O–H groups in total. The number of alkyl halides is 3. The minimum atomic E-state index is -4.59. The van der Waals surface area contributed by atoms with E-state index in [2.05, 4.69) is 5.32 Å². The summed E-state index contributed by atoms with van der Waals surface area (Å²) >= 11 is 6.00. The van der Waals surface area contributed by atoms with Gasteiger partial charge in [0.1, 0.15) is 5.75 Å². The number of carbonyl (C=O) groups excluding carboxylic acids is 1. The van der Waals surface area contributed by atoms with Crippen molar-refractivity contribution in [2.45, 2.75) is 63.6 Å². The largest absolute Gasteiger partial charge is 0.490 e. The predicted molar refractivity (Wildman–Crippen MR) is 112 cm³/mol. The second-order valence-electron chi connectivity index (χ2n) is 7.98. The lowest BCUT2D eigenvalue weighted by molar-refractivity contribution is -0.139. The molecule has 1 aliphatic carbocycles. The molecule has 162 valence electrons. The second-order valence-corrected chi connectivity index (χ2v) is 8.42. The van der Waals surface area contributed by atoms with Crippen LogP contribution in [0.15, 0.2) is 42.5 Å². The zero-order chi connectivity index (χ0) is 21.9. The SMILES string of the molecule is CC(C)Oc1ccc(NC(=O)C2(c3ccc(Cl)cc3)CCCCC2)cc1C(F)(F)F. The van der Waals surface area contributed by atoms with Gasteiger partial charge >= 0.3 is 6.18 Å². The van der Waals surface area contributed by atoms with E-state index in [9.17, 15) is 18.0 Å². The lowest BCUT2D eigenvalue weighted by Crippen LogP contribution is -2.42. The molecular formula is C23H25ClF3NO2. The molecule has 2 aromatic rings. The molecule has 0 heterocycles. The first-order valence-corrected chi connectivity index (χ1v) is 10.4. The molecule has 2 aromatic carbocycles. The van der Waals surface area contributed by atoms with Crippen molar-refractivity contribution in [1.82, 2.24) is 0 Å². The van der Waals surface area contributed by atoms with E-state index >= 15 is 0 Å². The van der Waals surface area contributed by atoms with Gasteiger partial charge in [0.15, 0.2) is 0 Å². The average Bonchev–Trinajstić information content (AvgIpc) is 2.69. The minimum absolute atomic E-state index is 0.0994. The molecule has 30 heavy (non-hydrogen) atoms. The Morgan fingerprint density at radius 3 is 2.27 bits per heavy atom. The highest BCUT2D eigenvalue weighted by molar-refractivity contribution is 6.30. The van der Waals surface area contributed by atoms with E-state index < -0.39 is 23.3 Å². The molecule has 1 aliphatic rings. The fourth-order valence-corrected chi connectivity index (χ4v) is 4.13. The maximum atomic E-state index is 13.5. The van der Waals surface area contributed by atoms with Crippen molar-refractivity contribution < 1.29 is 22.7 Å². The number of rotatable bonds is 5. The van der Waals surface area contributed by atoms with Crippen molar-refractivity contribution in [3.8, 4) is 5.75 Å². The van der Waals surface area contributed by atoms with Crippen LogP contribution in [0.5, 0.6) is 5.75 Å². The van der Waals surface area contributed by atoms with Gasteiger partial charge in [0.25, 0.3) is 0 Å². The second kappa shape index (κ2) is 8.88. The van der Waals surface area contributed by atoms with E-state index in [0.29, 0.717) is 17.9 Å². The number of carbonyl (C=O) groups is 1. The van der Waals surface area contributed by atoms with Gasteiger partial charge in [-0.15, -0.1) is 0 Å². The van der Waals surface area contributed by atoms with E-state index in [-0.39, 0.29) is 17.3 Å². The third-order valence-electron chi connectivity index (χ3n) is 5.44. The van der Waals surface area contributed by atoms with Gasteiger partial charge in [-0.05, 0) is 62.6 Å². The molecule has 1 saturated carbocycles. The van der Waals surface area contributed by atoms with Crippen LogP contribution < -0.4 is 10.1 Å². The zero-order valence-electron chi connectivity index (χ0n) is 17.0. The van der Waals surface area contributed by atoms with Crippen LogP contribution in [0.2, 0.25) is 5.02 Å². The predicted octanol–water partition coefficient (Wildman–Crippen LogP) is 6.99. The number of anilines is 1. The Kier molecular flexibility index (Phi) is 6.65. The molecule has 0 saturated heterocycles. The summed E-state index contributed by atoms with van der Waals surface area (Å²) in [5, 5.41) is 3.30. The first kappa shape index (κ1) is 22.5. The van der Waals surface area contributed by atoms with Gasteiger partial charge in [0, 0.05) is 10.7 Å². The fraction of sp³-hybridized carbons (Fsp3) is 0.435. The van der Waals surface area contributed by atoms with Crippen molar-refractivity contribution >= 4 is 23.2 Å². The Balaban J connectivity index is 1.93. The van der Waals surface area contributed by atoms with Gasteiger partial charge in [-0.25, -0.2) is 0 Å². The molecule has 0 aromatic heterocycles. The van der Waals surface area contributed by atoms with Crippen LogP contribution in [0.4, 0.5) is 18.9 Å². The molecule has 3 rings (SSSR count). The standard InChI is InChI=1S/C23H25ClF3NO2/c1-15(2)30-20-11-10-18(14-19(20)23(25,26)27)28-21(29)22(12-4-3-5-13-22)16-6-8-17(24)9-7-16/h6-11,14-15H,3-5,12-13H2,1-2H3,(H,28,29). The number of ether oxygens (including phenoxy) is 1. The van der Waals surface area contributed by atoms with Crippen molar-refractivity contribution in [3.05, 3.63) is 58.6 Å². The number of amides is 1. The van der Waals surface area contributed by atoms with Gasteiger partial charge < -0.3 is 10.1 Å². The Hall–Kier alpha value is -2.21. The van der Waals surface area contributed by atoms with E-state index in [4.69, 9.17) is 16.3 Å². The van der Waals surface area contributed by atoms with Gasteiger partial charge in [-0.2, -0.15) is 13.2 Å². The maximum Gasteiger partial charge on any atom is 0.420 e. The highest BCUT2D eigenvalue weighted by Crippen LogP contribution is 2.42. The Morgan fingerprint density at radius 1 is 1.07 bits per heavy atom. The molecule has 3 nitrogen and oxygen atoms in total. The van der Waals surface area contributed by atoms with Crippen LogP contribution >= 0.6 is 11.6 Å². The molecule has 1 fully saturated rings. The molecule has 0 aliphatic heterocycles. The normalized spacial score (nSPS) is 16.4. The molecule has 0 spiro atoms. The molecule has 0 atom stereocenters. The summed E-state index contributed by atoms with van der Waals surface area (Å²) in [7, 11) is 0. The number of halogens is 4. The van der Waals surface area contributed by atoms with Crippen LogP contribution in [-0.4, -0.2) is 12.0 Å². The highest BCUT2D eigenvalue weighted by Gasteiger charge is 2.41. The summed E-state index contributed by atoms with van der Waals surface area (Å²) in [6.45, 7) is 3.32. The minimum Gasteiger partial charge on any atom is -0.490 e. The quantitative estimate of drug-likeness (QED) is 0.545. The highest BCUT2D eigenvalue weighted by atomic mass is 35.5. The van der Waals surface area contributed by atoms with Crippen LogP contribution in [0, 0.1) is 0 Å². The van der Waals surface area contributed by atoms with Crippen molar-refractivity contribution in [2.24, 2.45) is 0 Å². The Bertz CT molecular complexity index is 888. The van der Waals surface area contributed by atoms with E-state index in [1.54, 1.807) is 26.0 Å². The molecule has 7 heteroatoms. The average molecular weight is 440 g/mol. The Labute approximate surface area is 179 Å². The third-order valence-corrected chi connectivity index (χ3v) is 5.70. The molecule has 0 bridgehead atoms. The number of nitrogens with one attached hydrogen (secondary N) is 1.